The molecule has 0 aliphatic carbocycles. The lowest BCUT2D eigenvalue weighted by molar-refractivity contribution is -0.147. The number of hydrogen-bond acceptors (Lipinski definition) is 9. The molecule has 0 radical (unpaired) electrons. The second-order valence-corrected chi connectivity index (χ2v) is 7.23. The van der Waals surface area contributed by atoms with E-state index in [-0.39, 0.29) is 13.2 Å². The van der Waals surface area contributed by atoms with E-state index in [4.69, 9.17) is 15.2 Å². The van der Waals surface area contributed by atoms with Gasteiger partial charge in [-0.3, -0.25) is 14.7 Å². The molecule has 3 aromatic rings. The van der Waals surface area contributed by atoms with Crippen molar-refractivity contribution < 1.29 is 23.5 Å². The van der Waals surface area contributed by atoms with Gasteiger partial charge < -0.3 is 15.2 Å². The van der Waals surface area contributed by atoms with Crippen LogP contribution >= 0.6 is 0 Å². The fourth-order valence-electron chi connectivity index (χ4n) is 3.10. The molecule has 2 N–H and O–H groups in total. The van der Waals surface area contributed by atoms with Crippen molar-refractivity contribution in [3.05, 3.63) is 42.3 Å². The number of nitrogens with two attached hydrogens (primary N) is 1. The van der Waals surface area contributed by atoms with Crippen molar-refractivity contribution in [2.75, 3.05) is 18.1 Å². The molecule has 12 heteroatoms. The molecule has 1 aromatic carbocycles. The van der Waals surface area contributed by atoms with Crippen LogP contribution in [0.4, 0.5) is 14.9 Å². The Morgan fingerprint density at radius 1 is 1.38 bits per heavy atom. The van der Waals surface area contributed by atoms with E-state index in [1.54, 1.807) is 31.3 Å². The summed E-state index contributed by atoms with van der Waals surface area (Å²) in [5.41, 5.74) is 7.13. The highest BCUT2D eigenvalue weighted by atomic mass is 19.1. The molecular weight excluding hydrogens is 421 g/mol. The van der Waals surface area contributed by atoms with Crippen molar-refractivity contribution in [2.24, 2.45) is 12.8 Å². The number of carbonyl (C=O) groups is 2. The van der Waals surface area contributed by atoms with Crippen LogP contribution in [0.15, 0.2) is 36.5 Å². The molecule has 4 rings (SSSR count). The summed E-state index contributed by atoms with van der Waals surface area (Å²) in [6.07, 6.45) is 0.192. The van der Waals surface area contributed by atoms with Crippen molar-refractivity contribution in [3.63, 3.8) is 0 Å². The predicted octanol–water partition coefficient (Wildman–Crippen LogP) is 1.29. The van der Waals surface area contributed by atoms with Crippen LogP contribution in [0.25, 0.3) is 22.6 Å². The van der Waals surface area contributed by atoms with Gasteiger partial charge in [0.05, 0.1) is 19.3 Å². The SMILES string of the molecule is C[C@@H](N)C(=O)OC[C@H]1CN(c2ccc(-c3ccc(-c4nnn(C)n4)nc3)c(F)c2)C(=O)O1. The molecule has 32 heavy (non-hydrogen) atoms. The average molecular weight is 441 g/mol. The lowest BCUT2D eigenvalue weighted by Crippen LogP contribution is -2.32. The maximum Gasteiger partial charge on any atom is 0.414 e. The van der Waals surface area contributed by atoms with Crippen molar-refractivity contribution in [3.8, 4) is 22.6 Å². The summed E-state index contributed by atoms with van der Waals surface area (Å²) in [4.78, 5) is 30.5. The van der Waals surface area contributed by atoms with Gasteiger partial charge >= 0.3 is 12.1 Å². The van der Waals surface area contributed by atoms with Crippen molar-refractivity contribution in [2.45, 2.75) is 19.1 Å². The molecule has 0 unspecified atom stereocenters. The molecule has 1 saturated heterocycles. The van der Waals surface area contributed by atoms with Gasteiger partial charge in [0.15, 0.2) is 6.10 Å². The van der Waals surface area contributed by atoms with Gasteiger partial charge in [0.1, 0.15) is 24.2 Å². The molecule has 11 nitrogen and oxygen atoms in total. The molecule has 1 aliphatic heterocycles. The van der Waals surface area contributed by atoms with Crippen molar-refractivity contribution in [1.82, 2.24) is 25.2 Å². The first-order chi connectivity index (χ1) is 15.3. The number of carbonyl (C=O) groups excluding carboxylic acids is 2. The second kappa shape index (κ2) is 8.67. The summed E-state index contributed by atoms with van der Waals surface area (Å²) < 4.78 is 25.0. The number of anilines is 1. The van der Waals surface area contributed by atoms with E-state index in [2.05, 4.69) is 20.4 Å². The molecule has 1 amide bonds. The summed E-state index contributed by atoms with van der Waals surface area (Å²) in [7, 11) is 1.65. The van der Waals surface area contributed by atoms with Gasteiger partial charge in [-0.15, -0.1) is 10.2 Å². The zero-order valence-corrected chi connectivity index (χ0v) is 17.3. The third-order valence-corrected chi connectivity index (χ3v) is 4.73. The number of hydrogen-bond donors (Lipinski definition) is 1. The Kier molecular flexibility index (Phi) is 5.77. The summed E-state index contributed by atoms with van der Waals surface area (Å²) in [6.45, 7) is 1.49. The van der Waals surface area contributed by atoms with Gasteiger partial charge in [0.25, 0.3) is 0 Å². The molecule has 3 heterocycles. The quantitative estimate of drug-likeness (QED) is 0.561. The Morgan fingerprint density at radius 2 is 2.19 bits per heavy atom. The molecule has 0 spiro atoms. The number of benzene rings is 1. The highest BCUT2D eigenvalue weighted by molar-refractivity contribution is 5.90. The Balaban J connectivity index is 1.46. The van der Waals surface area contributed by atoms with E-state index in [0.717, 1.165) is 0 Å². The van der Waals surface area contributed by atoms with Crippen LogP contribution in [0.1, 0.15) is 6.92 Å². The monoisotopic (exact) mass is 441 g/mol. The molecule has 166 valence electrons. The van der Waals surface area contributed by atoms with Crippen LogP contribution in [-0.4, -0.2) is 62.6 Å². The average Bonchev–Trinajstić information content (AvgIpc) is 3.37. The minimum atomic E-state index is -0.773. The summed E-state index contributed by atoms with van der Waals surface area (Å²) in [5.74, 6) is -0.762. The minimum absolute atomic E-state index is 0.116. The standard InChI is InChI=1S/C20H20FN7O4/c1-11(22)19(29)31-10-14-9-28(20(30)32-14)13-4-5-15(16(21)7-13)12-3-6-17(23-8-12)18-24-26-27(2)25-18/h3-8,11,14H,9-10,22H2,1-2H3/t11-,14-/m1/s1. The first kappa shape index (κ1) is 21.3. The number of nitrogens with zero attached hydrogens (tertiary/aromatic N) is 6. The number of aromatic nitrogens is 5. The number of rotatable bonds is 6. The number of aryl methyl sites for hydroxylation is 1. The molecule has 1 aliphatic rings. The van der Waals surface area contributed by atoms with Crippen LogP contribution in [0.5, 0.6) is 0 Å². The van der Waals surface area contributed by atoms with E-state index in [1.165, 1.54) is 28.9 Å². The van der Waals surface area contributed by atoms with Crippen LogP contribution in [0.2, 0.25) is 0 Å². The predicted molar refractivity (Wildman–Crippen MR) is 110 cm³/mol. The first-order valence-corrected chi connectivity index (χ1v) is 9.72. The number of cyclic esters (lactones) is 1. The maximum atomic E-state index is 14.9. The molecular formula is C20H20FN7O4. The van der Waals surface area contributed by atoms with E-state index < -0.39 is 30.0 Å². The first-order valence-electron chi connectivity index (χ1n) is 9.72. The van der Waals surface area contributed by atoms with E-state index in [9.17, 15) is 14.0 Å². The highest BCUT2D eigenvalue weighted by Gasteiger charge is 2.33. The van der Waals surface area contributed by atoms with Gasteiger partial charge in [-0.25, -0.2) is 9.18 Å². The zero-order chi connectivity index (χ0) is 22.8. The number of amides is 1. The van der Waals surface area contributed by atoms with Crippen LogP contribution in [-0.2, 0) is 21.3 Å². The number of halogens is 1. The smallest absolute Gasteiger partial charge is 0.414 e. The maximum absolute atomic E-state index is 14.9. The third kappa shape index (κ3) is 4.39. The van der Waals surface area contributed by atoms with Crippen molar-refractivity contribution in [1.29, 1.82) is 0 Å². The second-order valence-electron chi connectivity index (χ2n) is 7.23. The third-order valence-electron chi connectivity index (χ3n) is 4.73. The fraction of sp³-hybridized carbons (Fsp3) is 0.300. The van der Waals surface area contributed by atoms with Gasteiger partial charge in [0, 0.05) is 17.3 Å². The topological polar surface area (TPSA) is 138 Å². The number of ether oxygens (including phenoxy) is 2. The zero-order valence-electron chi connectivity index (χ0n) is 17.3. The van der Waals surface area contributed by atoms with E-state index in [0.29, 0.717) is 28.3 Å². The van der Waals surface area contributed by atoms with Gasteiger partial charge in [0.2, 0.25) is 5.82 Å². The van der Waals surface area contributed by atoms with Crippen LogP contribution in [0, 0.1) is 5.82 Å². The Hall–Kier alpha value is -3.93. The highest BCUT2D eigenvalue weighted by Crippen LogP contribution is 2.29. The van der Waals surface area contributed by atoms with Gasteiger partial charge in [-0.05, 0) is 36.4 Å². The van der Waals surface area contributed by atoms with Gasteiger partial charge in [-0.1, -0.05) is 6.07 Å². The number of tetrazole rings is 1. The normalized spacial score (nSPS) is 16.7. The van der Waals surface area contributed by atoms with Crippen molar-refractivity contribution >= 4 is 17.7 Å². The molecule has 1 fully saturated rings. The number of esters is 1. The molecule has 2 aromatic heterocycles. The summed E-state index contributed by atoms with van der Waals surface area (Å²) in [6, 6.07) is 7.00. The minimum Gasteiger partial charge on any atom is -0.461 e. The fourth-order valence-corrected chi connectivity index (χ4v) is 3.10. The molecule has 2 atom stereocenters. The summed E-state index contributed by atoms with van der Waals surface area (Å²) >= 11 is 0. The van der Waals surface area contributed by atoms with Gasteiger partial charge in [-0.2, -0.15) is 4.80 Å². The number of pyridine rings is 1. The lowest BCUT2D eigenvalue weighted by atomic mass is 10.1. The Labute approximate surface area is 181 Å². The van der Waals surface area contributed by atoms with E-state index >= 15 is 0 Å². The largest absolute Gasteiger partial charge is 0.461 e. The lowest BCUT2D eigenvalue weighted by Gasteiger charge is -2.14. The van der Waals surface area contributed by atoms with Crippen LogP contribution < -0.4 is 10.6 Å². The molecule has 0 saturated carbocycles. The van der Waals surface area contributed by atoms with E-state index in [1.807, 2.05) is 0 Å². The summed E-state index contributed by atoms with van der Waals surface area (Å²) in [5, 5.41) is 11.7. The Bertz CT molecular complexity index is 1150. The molecule has 0 bridgehead atoms. The Morgan fingerprint density at radius 3 is 2.81 bits per heavy atom. The van der Waals surface area contributed by atoms with Crippen LogP contribution in [0.3, 0.4) is 0 Å².